The molecule has 6 nitrogen and oxygen atoms in total. The van der Waals surface area contributed by atoms with E-state index in [-0.39, 0.29) is 23.4 Å². The SMILES string of the molecule is CC1=NC=C(Cn2c(=O)[nH]c3c(N)nc(C(F)(F)F)cc32)CC1. The van der Waals surface area contributed by atoms with Crippen molar-refractivity contribution in [3.63, 3.8) is 0 Å². The number of aromatic nitrogens is 3. The first-order valence-corrected chi connectivity index (χ1v) is 6.93. The summed E-state index contributed by atoms with van der Waals surface area (Å²) in [5, 5.41) is 0. The van der Waals surface area contributed by atoms with Crippen molar-refractivity contribution in [2.75, 3.05) is 5.73 Å². The number of aromatic amines is 1. The van der Waals surface area contributed by atoms with Crippen molar-refractivity contribution in [1.29, 1.82) is 0 Å². The number of aliphatic imine (C=N–C) groups is 1. The summed E-state index contributed by atoms with van der Waals surface area (Å²) in [6.07, 6.45) is -1.51. The first-order chi connectivity index (χ1) is 10.8. The third kappa shape index (κ3) is 2.86. The van der Waals surface area contributed by atoms with Gasteiger partial charge in [0.25, 0.3) is 0 Å². The highest BCUT2D eigenvalue weighted by atomic mass is 19.4. The molecule has 2 aromatic heterocycles. The second-order valence-corrected chi connectivity index (χ2v) is 5.45. The van der Waals surface area contributed by atoms with E-state index >= 15 is 0 Å². The molecule has 3 N–H and O–H groups in total. The standard InChI is InChI=1S/C14H14F3N5O/c1-7-2-3-8(5-19-7)6-22-9-4-10(14(15,16)17)20-12(18)11(9)21-13(22)23/h4-5H,2-3,6H2,1H3,(H2,18,20)(H,21,23). The van der Waals surface area contributed by atoms with Crippen molar-refractivity contribution in [3.8, 4) is 0 Å². The minimum atomic E-state index is -4.63. The average molecular weight is 325 g/mol. The summed E-state index contributed by atoms with van der Waals surface area (Å²) in [6.45, 7) is 2.06. The first kappa shape index (κ1) is 15.3. The molecule has 3 heterocycles. The van der Waals surface area contributed by atoms with Gasteiger partial charge in [0.15, 0.2) is 0 Å². The lowest BCUT2D eigenvalue weighted by Gasteiger charge is -2.13. The molecule has 0 bridgehead atoms. The van der Waals surface area contributed by atoms with E-state index in [4.69, 9.17) is 5.73 Å². The largest absolute Gasteiger partial charge is 0.433 e. The maximum absolute atomic E-state index is 12.9. The molecule has 1 aliphatic rings. The molecule has 0 radical (unpaired) electrons. The van der Waals surface area contributed by atoms with Gasteiger partial charge < -0.3 is 10.7 Å². The summed E-state index contributed by atoms with van der Waals surface area (Å²) in [5.41, 5.74) is 5.94. The summed E-state index contributed by atoms with van der Waals surface area (Å²) < 4.78 is 39.9. The number of rotatable bonds is 2. The zero-order valence-electron chi connectivity index (χ0n) is 12.2. The number of alkyl halides is 3. The number of allylic oxidation sites excluding steroid dienone is 1. The van der Waals surface area contributed by atoms with Crippen molar-refractivity contribution in [2.24, 2.45) is 4.99 Å². The van der Waals surface area contributed by atoms with Gasteiger partial charge in [-0.2, -0.15) is 13.2 Å². The number of anilines is 1. The first-order valence-electron chi connectivity index (χ1n) is 6.93. The minimum Gasteiger partial charge on any atom is -0.382 e. The van der Waals surface area contributed by atoms with Crippen LogP contribution in [-0.2, 0) is 12.7 Å². The minimum absolute atomic E-state index is 0.0852. The molecule has 0 saturated carbocycles. The zero-order chi connectivity index (χ0) is 16.8. The molecule has 9 heteroatoms. The maximum Gasteiger partial charge on any atom is 0.433 e. The van der Waals surface area contributed by atoms with E-state index in [2.05, 4.69) is 15.0 Å². The van der Waals surface area contributed by atoms with Gasteiger partial charge in [-0.1, -0.05) is 0 Å². The molecule has 0 spiro atoms. The number of nitrogens with one attached hydrogen (secondary N) is 1. The summed E-state index contributed by atoms with van der Waals surface area (Å²) in [6, 6.07) is 0.835. The maximum atomic E-state index is 12.9. The van der Waals surface area contributed by atoms with Crippen LogP contribution in [0.25, 0.3) is 11.0 Å². The quantitative estimate of drug-likeness (QED) is 0.889. The molecule has 0 aliphatic carbocycles. The Labute approximate surface area is 128 Å². The highest BCUT2D eigenvalue weighted by Crippen LogP contribution is 2.31. The van der Waals surface area contributed by atoms with Gasteiger partial charge in [0.05, 0.1) is 12.1 Å². The van der Waals surface area contributed by atoms with Crippen molar-refractivity contribution in [3.05, 3.63) is 34.0 Å². The Morgan fingerprint density at radius 1 is 1.39 bits per heavy atom. The number of nitrogen functional groups attached to an aromatic ring is 1. The lowest BCUT2D eigenvalue weighted by molar-refractivity contribution is -0.141. The second-order valence-electron chi connectivity index (χ2n) is 5.45. The number of pyridine rings is 1. The monoisotopic (exact) mass is 325 g/mol. The van der Waals surface area contributed by atoms with Gasteiger partial charge in [-0.3, -0.25) is 9.56 Å². The third-order valence-corrected chi connectivity index (χ3v) is 3.72. The smallest absolute Gasteiger partial charge is 0.382 e. The predicted molar refractivity (Wildman–Crippen MR) is 80.2 cm³/mol. The van der Waals surface area contributed by atoms with Crippen molar-refractivity contribution >= 4 is 22.6 Å². The van der Waals surface area contributed by atoms with E-state index in [0.29, 0.717) is 6.42 Å². The van der Waals surface area contributed by atoms with Gasteiger partial charge in [0, 0.05) is 11.9 Å². The predicted octanol–water partition coefficient (Wildman–Crippen LogP) is 2.46. The fourth-order valence-electron chi connectivity index (χ4n) is 2.47. The second kappa shape index (κ2) is 5.25. The zero-order valence-corrected chi connectivity index (χ0v) is 12.2. The van der Waals surface area contributed by atoms with Crippen LogP contribution in [0.2, 0.25) is 0 Å². The third-order valence-electron chi connectivity index (χ3n) is 3.72. The molecule has 0 aromatic carbocycles. The van der Waals surface area contributed by atoms with Crippen molar-refractivity contribution < 1.29 is 13.2 Å². The lowest BCUT2D eigenvalue weighted by atomic mass is 10.1. The van der Waals surface area contributed by atoms with Crippen LogP contribution < -0.4 is 11.4 Å². The summed E-state index contributed by atoms with van der Waals surface area (Å²) in [4.78, 5) is 22.0. The molecule has 0 atom stereocenters. The molecule has 3 rings (SSSR count). The lowest BCUT2D eigenvalue weighted by Crippen LogP contribution is -2.19. The molecule has 2 aromatic rings. The molecule has 1 aliphatic heterocycles. The normalized spacial score (nSPS) is 15.7. The summed E-state index contributed by atoms with van der Waals surface area (Å²) in [7, 11) is 0. The van der Waals surface area contributed by atoms with Crippen molar-refractivity contribution in [1.82, 2.24) is 14.5 Å². The van der Waals surface area contributed by atoms with Crippen LogP contribution in [0, 0.1) is 0 Å². The highest BCUT2D eigenvalue weighted by molar-refractivity contribution is 5.85. The molecule has 122 valence electrons. The fraction of sp³-hybridized carbons (Fsp3) is 0.357. The van der Waals surface area contributed by atoms with E-state index in [9.17, 15) is 18.0 Å². The molecular formula is C14H14F3N5O. The number of halogens is 3. The van der Waals surface area contributed by atoms with Crippen LogP contribution >= 0.6 is 0 Å². The van der Waals surface area contributed by atoms with Gasteiger partial charge >= 0.3 is 11.9 Å². The number of H-pyrrole nitrogens is 1. The van der Waals surface area contributed by atoms with Crippen LogP contribution in [0.4, 0.5) is 19.0 Å². The molecular weight excluding hydrogens is 311 g/mol. The molecule has 23 heavy (non-hydrogen) atoms. The van der Waals surface area contributed by atoms with Crippen molar-refractivity contribution in [2.45, 2.75) is 32.5 Å². The fourth-order valence-corrected chi connectivity index (χ4v) is 2.47. The molecule has 0 fully saturated rings. The Balaban J connectivity index is 2.12. The number of nitrogens with zero attached hydrogens (tertiary/aromatic N) is 3. The van der Waals surface area contributed by atoms with E-state index in [1.165, 1.54) is 4.57 Å². The van der Waals surface area contributed by atoms with E-state index in [1.807, 2.05) is 6.92 Å². The Morgan fingerprint density at radius 2 is 2.13 bits per heavy atom. The van der Waals surface area contributed by atoms with Gasteiger partial charge in [-0.25, -0.2) is 9.78 Å². The number of hydrogen-bond acceptors (Lipinski definition) is 4. The highest BCUT2D eigenvalue weighted by Gasteiger charge is 2.34. The van der Waals surface area contributed by atoms with Gasteiger partial charge in [0.1, 0.15) is 17.0 Å². The van der Waals surface area contributed by atoms with Gasteiger partial charge in [0.2, 0.25) is 0 Å². The number of nitrogens with two attached hydrogens (primary N) is 1. The van der Waals surface area contributed by atoms with E-state index in [1.54, 1.807) is 6.20 Å². The Morgan fingerprint density at radius 3 is 2.74 bits per heavy atom. The number of hydrogen-bond donors (Lipinski definition) is 2. The van der Waals surface area contributed by atoms with Crippen LogP contribution in [0.1, 0.15) is 25.5 Å². The number of imidazole rings is 1. The van der Waals surface area contributed by atoms with Crippen LogP contribution in [0.5, 0.6) is 0 Å². The topological polar surface area (TPSA) is 89.1 Å². The molecule has 0 amide bonds. The van der Waals surface area contributed by atoms with Gasteiger partial charge in [-0.15, -0.1) is 0 Å². The summed E-state index contributed by atoms with van der Waals surface area (Å²) in [5.74, 6) is -0.350. The molecule has 0 saturated heterocycles. The van der Waals surface area contributed by atoms with E-state index < -0.39 is 17.6 Å². The Hall–Kier alpha value is -2.58. The summed E-state index contributed by atoms with van der Waals surface area (Å²) >= 11 is 0. The van der Waals surface area contributed by atoms with E-state index in [0.717, 1.165) is 23.8 Å². The Bertz CT molecular complexity index is 888. The van der Waals surface area contributed by atoms with Crippen LogP contribution in [-0.4, -0.2) is 20.2 Å². The number of fused-ring (bicyclic) bond motifs is 1. The van der Waals surface area contributed by atoms with Crippen LogP contribution in [0.3, 0.4) is 0 Å². The Kier molecular flexibility index (Phi) is 3.50. The van der Waals surface area contributed by atoms with Gasteiger partial charge in [-0.05, 0) is 31.4 Å². The average Bonchev–Trinajstić information content (AvgIpc) is 2.78. The van der Waals surface area contributed by atoms with Crippen LogP contribution in [0.15, 0.2) is 27.6 Å². The molecule has 0 unspecified atom stereocenters.